The summed E-state index contributed by atoms with van der Waals surface area (Å²) < 4.78 is 0. The van der Waals surface area contributed by atoms with E-state index in [0.717, 1.165) is 38.4 Å². The monoisotopic (exact) mass is 264 g/mol. The van der Waals surface area contributed by atoms with E-state index in [1.54, 1.807) is 24.5 Å². The minimum atomic E-state index is 0.00167. The third-order valence-corrected chi connectivity index (χ3v) is 3.21. The van der Waals surface area contributed by atoms with Crippen molar-refractivity contribution in [3.63, 3.8) is 0 Å². The number of carbonyl (C=O) groups excluding carboxylic acids is 1. The largest absolute Gasteiger partial charge is 0.395 e. The number of aromatic nitrogens is 1. The lowest BCUT2D eigenvalue weighted by atomic mass is 10.3. The fraction of sp³-hybridized carbons (Fsp3) is 0.538. The van der Waals surface area contributed by atoms with Gasteiger partial charge >= 0.3 is 0 Å². The summed E-state index contributed by atoms with van der Waals surface area (Å²) in [5.74, 6) is 0.00167. The lowest BCUT2D eigenvalue weighted by Gasteiger charge is -2.33. The van der Waals surface area contributed by atoms with E-state index in [2.05, 4.69) is 20.1 Å². The Bertz CT molecular complexity index is 391. The van der Waals surface area contributed by atoms with Gasteiger partial charge in [0.25, 0.3) is 0 Å². The molecule has 0 aromatic carbocycles. The standard InChI is InChI=1S/C13H20N4O2/c18-10-9-16-5-7-17(8-6-16)11-13(19)15-12-1-3-14-4-2-12/h1-4,18H,5-11H2,(H,14,15,19). The molecule has 1 aliphatic heterocycles. The van der Waals surface area contributed by atoms with E-state index in [1.165, 1.54) is 0 Å². The van der Waals surface area contributed by atoms with Gasteiger partial charge in [-0.1, -0.05) is 0 Å². The van der Waals surface area contributed by atoms with Gasteiger partial charge in [-0.15, -0.1) is 0 Å². The molecule has 6 heteroatoms. The van der Waals surface area contributed by atoms with Gasteiger partial charge in [0, 0.05) is 50.8 Å². The molecule has 0 radical (unpaired) electrons. The highest BCUT2D eigenvalue weighted by Gasteiger charge is 2.18. The highest BCUT2D eigenvalue weighted by molar-refractivity contribution is 5.92. The first kappa shape index (κ1) is 13.9. The third kappa shape index (κ3) is 4.59. The molecular weight excluding hydrogens is 244 g/mol. The Labute approximate surface area is 113 Å². The zero-order chi connectivity index (χ0) is 13.5. The van der Waals surface area contributed by atoms with Crippen molar-refractivity contribution in [2.45, 2.75) is 0 Å². The number of amides is 1. The first-order valence-electron chi connectivity index (χ1n) is 6.53. The maximum Gasteiger partial charge on any atom is 0.238 e. The van der Waals surface area contributed by atoms with Crippen molar-refractivity contribution < 1.29 is 9.90 Å². The summed E-state index contributed by atoms with van der Waals surface area (Å²) in [4.78, 5) is 20.1. The SMILES string of the molecule is O=C(CN1CCN(CCO)CC1)Nc1ccncc1. The Hall–Kier alpha value is -1.50. The molecule has 2 N–H and O–H groups in total. The maximum absolute atomic E-state index is 11.9. The quantitative estimate of drug-likeness (QED) is 0.759. The molecule has 1 fully saturated rings. The van der Waals surface area contributed by atoms with Crippen LogP contribution in [0.15, 0.2) is 24.5 Å². The average molecular weight is 264 g/mol. The Morgan fingerprint density at radius 2 is 1.84 bits per heavy atom. The molecule has 19 heavy (non-hydrogen) atoms. The van der Waals surface area contributed by atoms with Crippen LogP contribution in [0.5, 0.6) is 0 Å². The highest BCUT2D eigenvalue weighted by Crippen LogP contribution is 2.05. The molecule has 1 amide bonds. The van der Waals surface area contributed by atoms with E-state index in [-0.39, 0.29) is 12.5 Å². The van der Waals surface area contributed by atoms with Crippen molar-refractivity contribution in [3.8, 4) is 0 Å². The number of pyridine rings is 1. The summed E-state index contributed by atoms with van der Waals surface area (Å²) in [5, 5.41) is 11.7. The van der Waals surface area contributed by atoms with Crippen LogP contribution < -0.4 is 5.32 Å². The average Bonchev–Trinajstić information content (AvgIpc) is 2.42. The fourth-order valence-electron chi connectivity index (χ4n) is 2.15. The lowest BCUT2D eigenvalue weighted by molar-refractivity contribution is -0.117. The van der Waals surface area contributed by atoms with Gasteiger partial charge in [0.15, 0.2) is 0 Å². The summed E-state index contributed by atoms with van der Waals surface area (Å²) in [7, 11) is 0. The van der Waals surface area contributed by atoms with Crippen molar-refractivity contribution in [1.29, 1.82) is 0 Å². The van der Waals surface area contributed by atoms with Crippen LogP contribution in [0.2, 0.25) is 0 Å². The first-order valence-corrected chi connectivity index (χ1v) is 6.53. The number of aliphatic hydroxyl groups excluding tert-OH is 1. The van der Waals surface area contributed by atoms with E-state index >= 15 is 0 Å². The number of nitrogens with zero attached hydrogens (tertiary/aromatic N) is 3. The summed E-state index contributed by atoms with van der Waals surface area (Å²) in [6.07, 6.45) is 3.31. The molecule has 2 rings (SSSR count). The zero-order valence-corrected chi connectivity index (χ0v) is 11.0. The van der Waals surface area contributed by atoms with Crippen LogP contribution in [-0.2, 0) is 4.79 Å². The van der Waals surface area contributed by atoms with Crippen molar-refractivity contribution in [3.05, 3.63) is 24.5 Å². The summed E-state index contributed by atoms with van der Waals surface area (Å²) in [5.41, 5.74) is 0.777. The molecule has 1 aromatic heterocycles. The van der Waals surface area contributed by atoms with Gasteiger partial charge in [0.1, 0.15) is 0 Å². The van der Waals surface area contributed by atoms with E-state index in [9.17, 15) is 4.79 Å². The predicted molar refractivity (Wildman–Crippen MR) is 72.8 cm³/mol. The Kier molecular flexibility index (Phi) is 5.26. The molecule has 1 aromatic rings. The van der Waals surface area contributed by atoms with Crippen molar-refractivity contribution in [2.24, 2.45) is 0 Å². The maximum atomic E-state index is 11.9. The molecule has 2 heterocycles. The second-order valence-electron chi connectivity index (χ2n) is 4.63. The number of nitrogens with one attached hydrogen (secondary N) is 1. The van der Waals surface area contributed by atoms with Crippen LogP contribution in [0.4, 0.5) is 5.69 Å². The van der Waals surface area contributed by atoms with Gasteiger partial charge in [-0.05, 0) is 12.1 Å². The number of piperazine rings is 1. The Morgan fingerprint density at radius 1 is 1.21 bits per heavy atom. The third-order valence-electron chi connectivity index (χ3n) is 3.21. The number of hydrogen-bond donors (Lipinski definition) is 2. The van der Waals surface area contributed by atoms with Crippen LogP contribution in [0.3, 0.4) is 0 Å². The van der Waals surface area contributed by atoms with Gasteiger partial charge in [0.05, 0.1) is 13.2 Å². The number of carbonyl (C=O) groups is 1. The molecule has 0 atom stereocenters. The van der Waals surface area contributed by atoms with E-state index < -0.39 is 0 Å². The molecule has 0 bridgehead atoms. The molecule has 0 aliphatic carbocycles. The number of β-amino-alcohol motifs (C(OH)–C–C–N with tert-alkyl or cyclic N) is 1. The Morgan fingerprint density at radius 3 is 2.47 bits per heavy atom. The van der Waals surface area contributed by atoms with E-state index in [0.29, 0.717) is 6.54 Å². The summed E-state index contributed by atoms with van der Waals surface area (Å²) in [6.45, 7) is 4.87. The van der Waals surface area contributed by atoms with Crippen molar-refractivity contribution in [1.82, 2.24) is 14.8 Å². The van der Waals surface area contributed by atoms with Crippen LogP contribution >= 0.6 is 0 Å². The molecule has 1 aliphatic rings. The fourth-order valence-corrected chi connectivity index (χ4v) is 2.15. The number of rotatable bonds is 5. The smallest absolute Gasteiger partial charge is 0.238 e. The molecule has 104 valence electrons. The molecule has 0 spiro atoms. The van der Waals surface area contributed by atoms with Gasteiger partial charge < -0.3 is 10.4 Å². The Balaban J connectivity index is 1.72. The molecule has 6 nitrogen and oxygen atoms in total. The van der Waals surface area contributed by atoms with Gasteiger partial charge in [0.2, 0.25) is 5.91 Å². The predicted octanol–water partition coefficient (Wildman–Crippen LogP) is -0.370. The molecule has 0 unspecified atom stereocenters. The zero-order valence-electron chi connectivity index (χ0n) is 11.0. The second-order valence-corrected chi connectivity index (χ2v) is 4.63. The number of aliphatic hydroxyl groups is 1. The van der Waals surface area contributed by atoms with Crippen LogP contribution in [0.25, 0.3) is 0 Å². The summed E-state index contributed by atoms with van der Waals surface area (Å²) >= 11 is 0. The van der Waals surface area contributed by atoms with Crippen LogP contribution in [0, 0.1) is 0 Å². The van der Waals surface area contributed by atoms with Crippen LogP contribution in [-0.4, -0.2) is 71.7 Å². The normalized spacial score (nSPS) is 17.3. The highest BCUT2D eigenvalue weighted by atomic mass is 16.3. The molecule has 1 saturated heterocycles. The number of anilines is 1. The minimum Gasteiger partial charge on any atom is -0.395 e. The van der Waals surface area contributed by atoms with Crippen molar-refractivity contribution in [2.75, 3.05) is 51.2 Å². The first-order chi connectivity index (χ1) is 9.28. The summed E-state index contributed by atoms with van der Waals surface area (Å²) in [6, 6.07) is 3.55. The van der Waals surface area contributed by atoms with E-state index in [4.69, 9.17) is 5.11 Å². The molecule has 0 saturated carbocycles. The molecular formula is C13H20N4O2. The van der Waals surface area contributed by atoms with Crippen molar-refractivity contribution >= 4 is 11.6 Å². The number of hydrogen-bond acceptors (Lipinski definition) is 5. The lowest BCUT2D eigenvalue weighted by Crippen LogP contribution is -2.49. The van der Waals surface area contributed by atoms with Gasteiger partial charge in [-0.3, -0.25) is 19.6 Å². The van der Waals surface area contributed by atoms with Gasteiger partial charge in [-0.25, -0.2) is 0 Å². The topological polar surface area (TPSA) is 68.7 Å². The minimum absolute atomic E-state index is 0.00167. The second kappa shape index (κ2) is 7.18. The van der Waals surface area contributed by atoms with Gasteiger partial charge in [-0.2, -0.15) is 0 Å². The van der Waals surface area contributed by atoms with E-state index in [1.807, 2.05) is 0 Å². The van der Waals surface area contributed by atoms with Crippen LogP contribution in [0.1, 0.15) is 0 Å².